The highest BCUT2D eigenvalue weighted by molar-refractivity contribution is 9.10. The molecule has 2 nitrogen and oxygen atoms in total. The van der Waals surface area contributed by atoms with Crippen molar-refractivity contribution in [2.45, 2.75) is 19.4 Å². The molecule has 0 radical (unpaired) electrons. The monoisotopic (exact) mass is 346 g/mol. The Balaban J connectivity index is 1.87. The molecule has 1 atom stereocenters. The van der Waals surface area contributed by atoms with Gasteiger partial charge in [-0.05, 0) is 52.9 Å². The fourth-order valence-corrected chi connectivity index (χ4v) is 3.31. The van der Waals surface area contributed by atoms with E-state index in [1.807, 2.05) is 12.4 Å². The number of hydrogen-bond acceptors (Lipinski definition) is 2. The highest BCUT2D eigenvalue weighted by Crippen LogP contribution is 2.22. The number of nitrogens with zero attached hydrogens (tertiary/aromatic N) is 2. The second-order valence-corrected chi connectivity index (χ2v) is 6.09. The molecule has 1 aliphatic heterocycles. The van der Waals surface area contributed by atoms with Crippen LogP contribution in [0.2, 0.25) is 0 Å². The lowest BCUT2D eigenvalue weighted by Crippen LogP contribution is -2.20. The fraction of sp³-hybridized carbons (Fsp3) is 0.583. The minimum Gasteiger partial charge on any atom is -0.299 e. The lowest BCUT2D eigenvalue weighted by atomic mass is 10.1. The molecule has 2 rings (SSSR count). The molecule has 16 heavy (non-hydrogen) atoms. The number of pyridine rings is 1. The van der Waals surface area contributed by atoms with Crippen LogP contribution in [0.1, 0.15) is 18.4 Å². The maximum absolute atomic E-state index is 4.20. The molecule has 1 unspecified atom stereocenters. The highest BCUT2D eigenvalue weighted by Gasteiger charge is 2.21. The molecule has 2 heterocycles. The van der Waals surface area contributed by atoms with E-state index < -0.39 is 0 Å². The van der Waals surface area contributed by atoms with E-state index in [-0.39, 0.29) is 0 Å². The molecule has 1 aromatic rings. The molecule has 1 aromatic heterocycles. The molecule has 0 saturated carbocycles. The van der Waals surface area contributed by atoms with Crippen molar-refractivity contribution in [2.75, 3.05) is 18.4 Å². The predicted octanol–water partition coefficient (Wildman–Crippen LogP) is 3.45. The summed E-state index contributed by atoms with van der Waals surface area (Å²) >= 11 is 6.98. The zero-order valence-corrected chi connectivity index (χ0v) is 12.4. The summed E-state index contributed by atoms with van der Waals surface area (Å²) in [5.41, 5.74) is 1.30. The van der Waals surface area contributed by atoms with E-state index in [0.29, 0.717) is 0 Å². The van der Waals surface area contributed by atoms with Crippen LogP contribution < -0.4 is 0 Å². The number of hydrogen-bond donors (Lipinski definition) is 0. The molecular weight excluding hydrogens is 332 g/mol. The lowest BCUT2D eigenvalue weighted by molar-refractivity contribution is 0.315. The Morgan fingerprint density at radius 2 is 2.31 bits per heavy atom. The minimum atomic E-state index is 0.875. The SMILES string of the molecule is BrCCC1CCN(Cc2cncc(Br)c2)C1. The Labute approximate surface area is 114 Å². The average molecular weight is 348 g/mol. The zero-order chi connectivity index (χ0) is 11.4. The van der Waals surface area contributed by atoms with E-state index in [1.165, 1.54) is 31.5 Å². The fourth-order valence-electron chi connectivity index (χ4n) is 2.25. The molecule has 0 amide bonds. The van der Waals surface area contributed by atoms with Crippen LogP contribution in [0, 0.1) is 5.92 Å². The summed E-state index contributed by atoms with van der Waals surface area (Å²) in [5, 5.41) is 1.13. The largest absolute Gasteiger partial charge is 0.299 e. The third-order valence-electron chi connectivity index (χ3n) is 3.06. The van der Waals surface area contributed by atoms with Crippen molar-refractivity contribution >= 4 is 31.9 Å². The van der Waals surface area contributed by atoms with E-state index in [4.69, 9.17) is 0 Å². The first-order valence-electron chi connectivity index (χ1n) is 5.65. The summed E-state index contributed by atoms with van der Waals surface area (Å²) in [6.45, 7) is 3.49. The number of alkyl halides is 1. The van der Waals surface area contributed by atoms with E-state index in [1.54, 1.807) is 0 Å². The number of halogens is 2. The van der Waals surface area contributed by atoms with Crippen LogP contribution >= 0.6 is 31.9 Å². The van der Waals surface area contributed by atoms with Crippen molar-refractivity contribution in [1.29, 1.82) is 0 Å². The molecule has 0 aromatic carbocycles. The van der Waals surface area contributed by atoms with E-state index >= 15 is 0 Å². The summed E-state index contributed by atoms with van der Waals surface area (Å²) in [6.07, 6.45) is 6.43. The topological polar surface area (TPSA) is 16.1 Å². The van der Waals surface area contributed by atoms with Crippen LogP contribution in [-0.4, -0.2) is 28.3 Å². The smallest absolute Gasteiger partial charge is 0.0410 e. The molecular formula is C12H16Br2N2. The van der Waals surface area contributed by atoms with Gasteiger partial charge in [0.15, 0.2) is 0 Å². The van der Waals surface area contributed by atoms with Crippen LogP contribution in [0.3, 0.4) is 0 Å². The van der Waals surface area contributed by atoms with Gasteiger partial charge in [-0.15, -0.1) is 0 Å². The van der Waals surface area contributed by atoms with Crippen LogP contribution in [-0.2, 0) is 6.54 Å². The molecule has 0 N–H and O–H groups in total. The maximum Gasteiger partial charge on any atom is 0.0410 e. The first-order valence-corrected chi connectivity index (χ1v) is 7.57. The molecule has 1 aliphatic rings. The van der Waals surface area contributed by atoms with Crippen molar-refractivity contribution in [1.82, 2.24) is 9.88 Å². The van der Waals surface area contributed by atoms with Gasteiger partial charge in [0.25, 0.3) is 0 Å². The number of likely N-dealkylation sites (tertiary alicyclic amines) is 1. The van der Waals surface area contributed by atoms with Crippen molar-refractivity contribution in [3.05, 3.63) is 28.5 Å². The quantitative estimate of drug-likeness (QED) is 0.775. The van der Waals surface area contributed by atoms with Gasteiger partial charge in [-0.1, -0.05) is 15.9 Å². The average Bonchev–Trinajstić information content (AvgIpc) is 2.66. The number of rotatable bonds is 4. The van der Waals surface area contributed by atoms with Crippen LogP contribution in [0.5, 0.6) is 0 Å². The van der Waals surface area contributed by atoms with E-state index in [2.05, 4.69) is 47.8 Å². The standard InChI is InChI=1S/C12H16Br2N2/c13-3-1-10-2-4-16(8-10)9-11-5-12(14)7-15-6-11/h5-7,10H,1-4,8-9H2. The normalized spacial score (nSPS) is 21.5. The molecule has 88 valence electrons. The van der Waals surface area contributed by atoms with Gasteiger partial charge in [-0.2, -0.15) is 0 Å². The first kappa shape index (κ1) is 12.5. The van der Waals surface area contributed by atoms with Crippen molar-refractivity contribution in [3.8, 4) is 0 Å². The second-order valence-electron chi connectivity index (χ2n) is 4.38. The Kier molecular flexibility index (Phi) is 4.79. The molecule has 1 fully saturated rings. The van der Waals surface area contributed by atoms with Gasteiger partial charge in [0.05, 0.1) is 0 Å². The van der Waals surface area contributed by atoms with E-state index in [9.17, 15) is 0 Å². The number of aromatic nitrogens is 1. The molecule has 0 aliphatic carbocycles. The van der Waals surface area contributed by atoms with E-state index in [0.717, 1.165) is 22.3 Å². The van der Waals surface area contributed by atoms with Gasteiger partial charge >= 0.3 is 0 Å². The summed E-state index contributed by atoms with van der Waals surface area (Å²) in [7, 11) is 0. The zero-order valence-electron chi connectivity index (χ0n) is 9.20. The first-order chi connectivity index (χ1) is 7.78. The lowest BCUT2D eigenvalue weighted by Gasteiger charge is -2.15. The summed E-state index contributed by atoms with van der Waals surface area (Å²) < 4.78 is 1.07. The van der Waals surface area contributed by atoms with Crippen LogP contribution in [0.4, 0.5) is 0 Å². The predicted molar refractivity (Wildman–Crippen MR) is 73.7 cm³/mol. The van der Waals surface area contributed by atoms with Gasteiger partial charge in [-0.25, -0.2) is 0 Å². The molecule has 0 bridgehead atoms. The maximum atomic E-state index is 4.20. The van der Waals surface area contributed by atoms with Crippen molar-refractivity contribution in [2.24, 2.45) is 5.92 Å². The molecule has 1 saturated heterocycles. The Hall–Kier alpha value is 0.0700. The van der Waals surface area contributed by atoms with Crippen LogP contribution in [0.15, 0.2) is 22.9 Å². The van der Waals surface area contributed by atoms with Gasteiger partial charge in [0.2, 0.25) is 0 Å². The third kappa shape index (κ3) is 3.54. The molecule has 0 spiro atoms. The van der Waals surface area contributed by atoms with Gasteiger partial charge < -0.3 is 0 Å². The Morgan fingerprint density at radius 1 is 1.44 bits per heavy atom. The highest BCUT2D eigenvalue weighted by atomic mass is 79.9. The minimum absolute atomic E-state index is 0.875. The summed E-state index contributed by atoms with van der Waals surface area (Å²) in [4.78, 5) is 6.73. The summed E-state index contributed by atoms with van der Waals surface area (Å²) in [6, 6.07) is 2.16. The molecule has 4 heteroatoms. The van der Waals surface area contributed by atoms with Crippen LogP contribution in [0.25, 0.3) is 0 Å². The Morgan fingerprint density at radius 3 is 3.06 bits per heavy atom. The second kappa shape index (κ2) is 6.12. The van der Waals surface area contributed by atoms with Gasteiger partial charge in [0.1, 0.15) is 0 Å². The van der Waals surface area contributed by atoms with Gasteiger partial charge in [0, 0.05) is 35.3 Å². The summed E-state index contributed by atoms with van der Waals surface area (Å²) in [5.74, 6) is 0.875. The Bertz CT molecular complexity index is 344. The third-order valence-corrected chi connectivity index (χ3v) is 3.95. The van der Waals surface area contributed by atoms with Gasteiger partial charge in [-0.3, -0.25) is 9.88 Å². The van der Waals surface area contributed by atoms with Crippen molar-refractivity contribution < 1.29 is 0 Å². The van der Waals surface area contributed by atoms with Crippen molar-refractivity contribution in [3.63, 3.8) is 0 Å².